The molecule has 0 bridgehead atoms. The molecule has 0 spiro atoms. The maximum Gasteiger partial charge on any atom is 0.236 e. The molecule has 1 unspecified atom stereocenters. The summed E-state index contributed by atoms with van der Waals surface area (Å²) in [4.78, 5) is 2.44. The second kappa shape index (κ2) is 6.62. The minimum absolute atomic E-state index is 0.0568. The van der Waals surface area contributed by atoms with Crippen LogP contribution < -0.4 is 0 Å². The molecule has 1 fully saturated rings. The molecule has 1 aliphatic heterocycles. The third-order valence-electron chi connectivity index (χ3n) is 2.98. The van der Waals surface area contributed by atoms with Gasteiger partial charge in [-0.25, -0.2) is 8.42 Å². The first kappa shape index (κ1) is 14.0. The van der Waals surface area contributed by atoms with Crippen molar-refractivity contribution in [3.8, 4) is 0 Å². The van der Waals surface area contributed by atoms with Crippen molar-refractivity contribution in [2.45, 2.75) is 26.2 Å². The Morgan fingerprint density at radius 2 is 2.19 bits per heavy atom. The molecule has 16 heavy (non-hydrogen) atoms. The van der Waals surface area contributed by atoms with Gasteiger partial charge in [-0.1, -0.05) is 19.1 Å². The molecule has 0 aromatic carbocycles. The molecule has 1 saturated heterocycles. The fourth-order valence-corrected chi connectivity index (χ4v) is 2.69. The van der Waals surface area contributed by atoms with Crippen LogP contribution in [0.4, 0.5) is 0 Å². The summed E-state index contributed by atoms with van der Waals surface area (Å²) in [6.07, 6.45) is 7.06. The molecule has 0 aliphatic carbocycles. The molecule has 0 aromatic rings. The van der Waals surface area contributed by atoms with Crippen LogP contribution in [-0.2, 0) is 9.05 Å². The zero-order valence-electron chi connectivity index (χ0n) is 9.73. The Morgan fingerprint density at radius 3 is 2.81 bits per heavy atom. The standard InChI is InChI=1S/C11H20ClNO2S/c1-2-13-8-5-7-11(10-13)6-3-4-9-16(12,14)15/h3-4,11H,2,5-10H2,1H3/b4-3-. The summed E-state index contributed by atoms with van der Waals surface area (Å²) < 4.78 is 21.4. The average molecular weight is 266 g/mol. The van der Waals surface area contributed by atoms with E-state index in [1.807, 2.05) is 6.08 Å². The van der Waals surface area contributed by atoms with Crippen molar-refractivity contribution in [2.75, 3.05) is 25.4 Å². The lowest BCUT2D eigenvalue weighted by molar-refractivity contribution is 0.184. The SMILES string of the molecule is CCN1CCCC(C/C=C\CS(=O)(=O)Cl)C1. The predicted molar refractivity (Wildman–Crippen MR) is 68.2 cm³/mol. The Labute approximate surface area is 103 Å². The number of nitrogens with zero attached hydrogens (tertiary/aromatic N) is 1. The molecular weight excluding hydrogens is 246 g/mol. The van der Waals surface area contributed by atoms with Crippen LogP contribution in [0.1, 0.15) is 26.2 Å². The van der Waals surface area contributed by atoms with E-state index in [0.717, 1.165) is 19.5 Å². The molecule has 0 N–H and O–H groups in total. The third kappa shape index (κ3) is 5.87. The molecule has 1 atom stereocenters. The van der Waals surface area contributed by atoms with Gasteiger partial charge in [0.2, 0.25) is 9.05 Å². The fourth-order valence-electron chi connectivity index (χ4n) is 2.10. The van der Waals surface area contributed by atoms with Crippen molar-refractivity contribution in [3.05, 3.63) is 12.2 Å². The van der Waals surface area contributed by atoms with E-state index in [-0.39, 0.29) is 5.75 Å². The highest BCUT2D eigenvalue weighted by Crippen LogP contribution is 2.19. The maximum atomic E-state index is 10.7. The quantitative estimate of drug-likeness (QED) is 0.565. The van der Waals surface area contributed by atoms with Crippen LogP contribution in [0, 0.1) is 5.92 Å². The smallest absolute Gasteiger partial charge is 0.236 e. The molecule has 5 heteroatoms. The van der Waals surface area contributed by atoms with Crippen LogP contribution in [0.2, 0.25) is 0 Å². The summed E-state index contributed by atoms with van der Waals surface area (Å²) in [6, 6.07) is 0. The molecule has 94 valence electrons. The maximum absolute atomic E-state index is 10.7. The van der Waals surface area contributed by atoms with Gasteiger partial charge in [0.15, 0.2) is 0 Å². The lowest BCUT2D eigenvalue weighted by atomic mass is 9.95. The summed E-state index contributed by atoms with van der Waals surface area (Å²) in [6.45, 7) is 5.62. The number of halogens is 1. The second-order valence-corrected chi connectivity index (χ2v) is 7.14. The van der Waals surface area contributed by atoms with E-state index in [1.54, 1.807) is 6.08 Å². The minimum Gasteiger partial charge on any atom is -0.303 e. The third-order valence-corrected chi connectivity index (χ3v) is 3.95. The topological polar surface area (TPSA) is 37.4 Å². The zero-order chi connectivity index (χ0) is 12.0. The number of piperidine rings is 1. The van der Waals surface area contributed by atoms with Crippen LogP contribution in [0.15, 0.2) is 12.2 Å². The Bertz CT molecular complexity index is 327. The molecule has 0 radical (unpaired) electrons. The lowest BCUT2D eigenvalue weighted by Crippen LogP contribution is -2.34. The van der Waals surface area contributed by atoms with E-state index in [1.165, 1.54) is 19.4 Å². The van der Waals surface area contributed by atoms with Crippen LogP contribution >= 0.6 is 10.7 Å². The molecule has 1 aliphatic rings. The Morgan fingerprint density at radius 1 is 1.44 bits per heavy atom. The predicted octanol–water partition coefficient (Wildman–Crippen LogP) is 2.23. The van der Waals surface area contributed by atoms with Gasteiger partial charge in [0, 0.05) is 17.2 Å². The molecule has 3 nitrogen and oxygen atoms in total. The number of hydrogen-bond donors (Lipinski definition) is 0. The van der Waals surface area contributed by atoms with Crippen molar-refractivity contribution in [2.24, 2.45) is 5.92 Å². The highest BCUT2D eigenvalue weighted by molar-refractivity contribution is 8.13. The van der Waals surface area contributed by atoms with Crippen LogP contribution in [0.25, 0.3) is 0 Å². The van der Waals surface area contributed by atoms with Gasteiger partial charge >= 0.3 is 0 Å². The average Bonchev–Trinajstić information content (AvgIpc) is 2.23. The fraction of sp³-hybridized carbons (Fsp3) is 0.818. The minimum atomic E-state index is -3.37. The highest BCUT2D eigenvalue weighted by atomic mass is 35.7. The zero-order valence-corrected chi connectivity index (χ0v) is 11.3. The van der Waals surface area contributed by atoms with E-state index >= 15 is 0 Å². The first-order chi connectivity index (χ1) is 7.51. The van der Waals surface area contributed by atoms with Gasteiger partial charge in [0.25, 0.3) is 0 Å². The first-order valence-electron chi connectivity index (χ1n) is 5.81. The highest BCUT2D eigenvalue weighted by Gasteiger charge is 2.17. The summed E-state index contributed by atoms with van der Waals surface area (Å²) in [5.74, 6) is 0.613. The Balaban J connectivity index is 2.27. The van der Waals surface area contributed by atoms with Gasteiger partial charge in [0.1, 0.15) is 0 Å². The molecule has 1 rings (SSSR count). The summed E-state index contributed by atoms with van der Waals surface area (Å²) >= 11 is 0. The number of allylic oxidation sites excluding steroid dienone is 1. The van der Waals surface area contributed by atoms with Crippen molar-refractivity contribution < 1.29 is 8.42 Å². The van der Waals surface area contributed by atoms with Gasteiger partial charge in [-0.15, -0.1) is 0 Å². The summed E-state index contributed by atoms with van der Waals surface area (Å²) in [5.41, 5.74) is 0. The summed E-state index contributed by atoms with van der Waals surface area (Å²) in [5, 5.41) is 0. The van der Waals surface area contributed by atoms with Crippen LogP contribution in [0.5, 0.6) is 0 Å². The van der Waals surface area contributed by atoms with Crippen molar-refractivity contribution >= 4 is 19.7 Å². The first-order valence-corrected chi connectivity index (χ1v) is 8.29. The Kier molecular flexibility index (Phi) is 5.79. The lowest BCUT2D eigenvalue weighted by Gasteiger charge is -2.31. The van der Waals surface area contributed by atoms with Crippen molar-refractivity contribution in [1.82, 2.24) is 4.90 Å². The number of rotatable bonds is 5. The van der Waals surface area contributed by atoms with E-state index < -0.39 is 9.05 Å². The number of hydrogen-bond acceptors (Lipinski definition) is 3. The van der Waals surface area contributed by atoms with Gasteiger partial charge in [-0.2, -0.15) is 0 Å². The van der Waals surface area contributed by atoms with E-state index in [9.17, 15) is 8.42 Å². The molecular formula is C11H20ClNO2S. The Hall–Kier alpha value is -0.0600. The van der Waals surface area contributed by atoms with E-state index in [0.29, 0.717) is 5.92 Å². The monoisotopic (exact) mass is 265 g/mol. The molecule has 1 heterocycles. The summed E-state index contributed by atoms with van der Waals surface area (Å²) in [7, 11) is 1.75. The van der Waals surface area contributed by atoms with Gasteiger partial charge < -0.3 is 4.90 Å². The van der Waals surface area contributed by atoms with Crippen LogP contribution in [0.3, 0.4) is 0 Å². The van der Waals surface area contributed by atoms with Crippen molar-refractivity contribution in [3.63, 3.8) is 0 Å². The molecule has 0 amide bonds. The van der Waals surface area contributed by atoms with E-state index in [2.05, 4.69) is 11.8 Å². The normalized spacial score (nSPS) is 24.0. The molecule has 0 aromatic heterocycles. The van der Waals surface area contributed by atoms with Gasteiger partial charge in [0.05, 0.1) is 5.75 Å². The van der Waals surface area contributed by atoms with Crippen molar-refractivity contribution in [1.29, 1.82) is 0 Å². The number of likely N-dealkylation sites (tertiary alicyclic amines) is 1. The van der Waals surface area contributed by atoms with Gasteiger partial charge in [-0.3, -0.25) is 0 Å². The van der Waals surface area contributed by atoms with Gasteiger partial charge in [-0.05, 0) is 38.3 Å². The molecule has 0 saturated carbocycles. The largest absolute Gasteiger partial charge is 0.303 e. The van der Waals surface area contributed by atoms with Crippen LogP contribution in [-0.4, -0.2) is 38.7 Å². The van der Waals surface area contributed by atoms with E-state index in [4.69, 9.17) is 10.7 Å². The second-order valence-electron chi connectivity index (χ2n) is 4.31.